The van der Waals surface area contributed by atoms with E-state index in [-0.39, 0.29) is 11.1 Å². The van der Waals surface area contributed by atoms with Crippen molar-refractivity contribution in [3.05, 3.63) is 22.5 Å². The molecule has 1 aromatic rings. The van der Waals surface area contributed by atoms with Gasteiger partial charge >= 0.3 is 0 Å². The second-order valence-electron chi connectivity index (χ2n) is 2.79. The predicted octanol–water partition coefficient (Wildman–Crippen LogP) is 1.12. The van der Waals surface area contributed by atoms with Gasteiger partial charge in [0.15, 0.2) is 0 Å². The third kappa shape index (κ3) is 3.33. The van der Waals surface area contributed by atoms with Crippen molar-refractivity contribution in [1.82, 2.24) is 4.98 Å². The van der Waals surface area contributed by atoms with Crippen LogP contribution >= 0.6 is 11.8 Å². The minimum atomic E-state index is -0.144. The second-order valence-corrected chi connectivity index (χ2v) is 4.18. The lowest BCUT2D eigenvalue weighted by atomic mass is 10.4. The SMILES string of the molecule is CCSCCNc1cc(=O)c(N)c[nH]1. The van der Waals surface area contributed by atoms with E-state index < -0.39 is 0 Å². The summed E-state index contributed by atoms with van der Waals surface area (Å²) < 4.78 is 0. The van der Waals surface area contributed by atoms with E-state index in [0.717, 1.165) is 23.9 Å². The standard InChI is InChI=1S/C9H15N3OS/c1-2-14-4-3-11-9-5-8(13)7(10)6-12-9/h5-6H,2-4,10H2,1H3,(H2,11,12,13). The van der Waals surface area contributed by atoms with Crippen molar-refractivity contribution in [2.24, 2.45) is 0 Å². The van der Waals surface area contributed by atoms with E-state index in [2.05, 4.69) is 17.2 Å². The van der Waals surface area contributed by atoms with E-state index >= 15 is 0 Å². The van der Waals surface area contributed by atoms with Crippen LogP contribution in [0.1, 0.15) is 6.92 Å². The van der Waals surface area contributed by atoms with E-state index in [4.69, 9.17) is 5.73 Å². The Morgan fingerprint density at radius 1 is 1.64 bits per heavy atom. The van der Waals surface area contributed by atoms with Gasteiger partial charge in [0.2, 0.25) is 5.43 Å². The highest BCUT2D eigenvalue weighted by Crippen LogP contribution is 2.02. The summed E-state index contributed by atoms with van der Waals surface area (Å²) in [5.41, 5.74) is 5.49. The van der Waals surface area contributed by atoms with Crippen molar-refractivity contribution in [3.63, 3.8) is 0 Å². The van der Waals surface area contributed by atoms with Gasteiger partial charge in [-0.25, -0.2) is 0 Å². The second kappa shape index (κ2) is 5.59. The first-order valence-corrected chi connectivity index (χ1v) is 5.69. The first-order chi connectivity index (χ1) is 6.74. The molecule has 4 N–H and O–H groups in total. The molecule has 1 heterocycles. The van der Waals surface area contributed by atoms with Crippen LogP contribution in [-0.4, -0.2) is 23.0 Å². The molecule has 5 heteroatoms. The molecular weight excluding hydrogens is 198 g/mol. The zero-order valence-corrected chi connectivity index (χ0v) is 8.99. The molecule has 0 aromatic carbocycles. The van der Waals surface area contributed by atoms with Crippen LogP contribution in [0.15, 0.2) is 17.1 Å². The van der Waals surface area contributed by atoms with Crippen LogP contribution in [0.25, 0.3) is 0 Å². The molecule has 0 atom stereocenters. The number of nitrogens with two attached hydrogens (primary N) is 1. The number of nitrogens with one attached hydrogen (secondary N) is 2. The van der Waals surface area contributed by atoms with Crippen LogP contribution < -0.4 is 16.5 Å². The van der Waals surface area contributed by atoms with Crippen LogP contribution in [-0.2, 0) is 0 Å². The summed E-state index contributed by atoms with van der Waals surface area (Å²) in [4.78, 5) is 14.0. The topological polar surface area (TPSA) is 70.9 Å². The minimum absolute atomic E-state index is 0.144. The maximum Gasteiger partial charge on any atom is 0.206 e. The van der Waals surface area contributed by atoms with E-state index in [1.54, 1.807) is 0 Å². The van der Waals surface area contributed by atoms with Gasteiger partial charge in [-0.2, -0.15) is 11.8 Å². The first kappa shape index (κ1) is 11.0. The Bertz CT molecular complexity index is 337. The van der Waals surface area contributed by atoms with Crippen molar-refractivity contribution in [2.75, 3.05) is 29.1 Å². The van der Waals surface area contributed by atoms with Crippen molar-refractivity contribution in [2.45, 2.75) is 6.92 Å². The summed E-state index contributed by atoms with van der Waals surface area (Å²) in [5, 5.41) is 3.12. The van der Waals surface area contributed by atoms with Gasteiger partial charge in [0.25, 0.3) is 0 Å². The van der Waals surface area contributed by atoms with Crippen LogP contribution in [0.5, 0.6) is 0 Å². The summed E-state index contributed by atoms with van der Waals surface area (Å²) in [7, 11) is 0. The van der Waals surface area contributed by atoms with Gasteiger partial charge in [0, 0.05) is 24.6 Å². The van der Waals surface area contributed by atoms with Crippen molar-refractivity contribution in [3.8, 4) is 0 Å². The fourth-order valence-electron chi connectivity index (χ4n) is 0.987. The Balaban J connectivity index is 2.44. The van der Waals surface area contributed by atoms with Gasteiger partial charge in [-0.3, -0.25) is 4.79 Å². The Kier molecular flexibility index (Phi) is 4.39. The fraction of sp³-hybridized carbons (Fsp3) is 0.444. The van der Waals surface area contributed by atoms with Crippen molar-refractivity contribution >= 4 is 23.3 Å². The molecule has 1 rings (SSSR count). The summed E-state index contributed by atoms with van der Waals surface area (Å²) in [6, 6.07) is 1.48. The Labute approximate surface area is 87.3 Å². The lowest BCUT2D eigenvalue weighted by molar-refractivity contribution is 1.16. The number of anilines is 2. The van der Waals surface area contributed by atoms with Gasteiger partial charge in [-0.05, 0) is 5.75 Å². The van der Waals surface area contributed by atoms with Crippen molar-refractivity contribution < 1.29 is 0 Å². The van der Waals surface area contributed by atoms with Crippen LogP contribution in [0.4, 0.5) is 11.5 Å². The fourth-order valence-corrected chi connectivity index (χ4v) is 1.52. The van der Waals surface area contributed by atoms with Gasteiger partial charge in [-0.15, -0.1) is 0 Å². The van der Waals surface area contributed by atoms with Crippen LogP contribution in [0, 0.1) is 0 Å². The quantitative estimate of drug-likeness (QED) is 0.641. The zero-order chi connectivity index (χ0) is 10.4. The molecular formula is C9H15N3OS. The van der Waals surface area contributed by atoms with Gasteiger partial charge in [0.05, 0.1) is 5.69 Å². The third-order valence-electron chi connectivity index (χ3n) is 1.71. The monoisotopic (exact) mass is 213 g/mol. The number of hydrogen-bond acceptors (Lipinski definition) is 4. The lowest BCUT2D eigenvalue weighted by Gasteiger charge is -2.05. The summed E-state index contributed by atoms with van der Waals surface area (Å²) in [6.07, 6.45) is 1.51. The first-order valence-electron chi connectivity index (χ1n) is 4.54. The normalized spacial score (nSPS) is 10.1. The molecule has 14 heavy (non-hydrogen) atoms. The Hall–Kier alpha value is -1.10. The lowest BCUT2D eigenvalue weighted by Crippen LogP contribution is -2.12. The number of aromatic amines is 1. The molecule has 0 saturated carbocycles. The highest BCUT2D eigenvalue weighted by molar-refractivity contribution is 7.99. The number of aromatic nitrogens is 1. The van der Waals surface area contributed by atoms with Gasteiger partial charge in [-0.1, -0.05) is 6.92 Å². The number of thioether (sulfide) groups is 1. The number of rotatable bonds is 5. The van der Waals surface area contributed by atoms with E-state index in [1.165, 1.54) is 12.3 Å². The molecule has 0 bridgehead atoms. The van der Waals surface area contributed by atoms with Gasteiger partial charge in [0.1, 0.15) is 5.82 Å². The van der Waals surface area contributed by atoms with E-state index in [0.29, 0.717) is 0 Å². The van der Waals surface area contributed by atoms with Crippen molar-refractivity contribution in [1.29, 1.82) is 0 Å². The largest absolute Gasteiger partial charge is 0.394 e. The maximum atomic E-state index is 11.1. The molecule has 0 fully saturated rings. The summed E-state index contributed by atoms with van der Waals surface area (Å²) in [6.45, 7) is 2.97. The highest BCUT2D eigenvalue weighted by Gasteiger charge is 1.96. The highest BCUT2D eigenvalue weighted by atomic mass is 32.2. The molecule has 1 aromatic heterocycles. The molecule has 0 unspecified atom stereocenters. The van der Waals surface area contributed by atoms with E-state index in [1.807, 2.05) is 11.8 Å². The molecule has 0 aliphatic heterocycles. The molecule has 0 aliphatic carbocycles. The average molecular weight is 213 g/mol. The van der Waals surface area contributed by atoms with E-state index in [9.17, 15) is 4.79 Å². The predicted molar refractivity (Wildman–Crippen MR) is 63.0 cm³/mol. The minimum Gasteiger partial charge on any atom is -0.394 e. The molecule has 0 aliphatic rings. The number of H-pyrrole nitrogens is 1. The smallest absolute Gasteiger partial charge is 0.206 e. The molecule has 0 amide bonds. The zero-order valence-electron chi connectivity index (χ0n) is 8.17. The molecule has 0 spiro atoms. The van der Waals surface area contributed by atoms with Crippen LogP contribution in [0.3, 0.4) is 0 Å². The molecule has 4 nitrogen and oxygen atoms in total. The average Bonchev–Trinajstić information content (AvgIpc) is 2.18. The Morgan fingerprint density at radius 2 is 2.43 bits per heavy atom. The van der Waals surface area contributed by atoms with Gasteiger partial charge < -0.3 is 16.0 Å². The number of pyridine rings is 1. The number of nitrogen functional groups attached to an aromatic ring is 1. The molecule has 78 valence electrons. The molecule has 0 saturated heterocycles. The maximum absolute atomic E-state index is 11.1. The third-order valence-corrected chi connectivity index (χ3v) is 2.61. The Morgan fingerprint density at radius 3 is 3.07 bits per heavy atom. The molecule has 0 radical (unpaired) electrons. The number of hydrogen-bond donors (Lipinski definition) is 3. The van der Waals surface area contributed by atoms with Crippen LogP contribution in [0.2, 0.25) is 0 Å². The summed E-state index contributed by atoms with van der Waals surface area (Å²) in [5.74, 6) is 2.86. The summed E-state index contributed by atoms with van der Waals surface area (Å²) >= 11 is 1.86.